The highest BCUT2D eigenvalue weighted by Gasteiger charge is 2.13. The predicted molar refractivity (Wildman–Crippen MR) is 67.6 cm³/mol. The molecule has 0 saturated carbocycles. The zero-order valence-corrected chi connectivity index (χ0v) is 10.3. The summed E-state index contributed by atoms with van der Waals surface area (Å²) in [6, 6.07) is 9.04. The van der Waals surface area contributed by atoms with Gasteiger partial charge in [-0.05, 0) is 30.7 Å². The smallest absolute Gasteiger partial charge is 0.137 e. The Balaban J connectivity index is 1.95. The van der Waals surface area contributed by atoms with Gasteiger partial charge in [0.2, 0.25) is 0 Å². The summed E-state index contributed by atoms with van der Waals surface area (Å²) < 4.78 is 26.7. The van der Waals surface area contributed by atoms with E-state index in [-0.39, 0.29) is 24.2 Å². The van der Waals surface area contributed by atoms with Gasteiger partial charge in [-0.25, -0.2) is 8.78 Å². The molecule has 1 aromatic carbocycles. The topological polar surface area (TPSA) is 30.0 Å². The fourth-order valence-corrected chi connectivity index (χ4v) is 1.80. The number of carbonyl (C=O) groups is 1. The van der Waals surface area contributed by atoms with Crippen molar-refractivity contribution in [2.75, 3.05) is 0 Å². The molecular weight excluding hydrogens is 248 g/mol. The summed E-state index contributed by atoms with van der Waals surface area (Å²) in [5.74, 6) is -1.55. The second-order valence-corrected chi connectivity index (χ2v) is 4.24. The summed E-state index contributed by atoms with van der Waals surface area (Å²) in [5, 5.41) is 0. The molecule has 0 unspecified atom stereocenters. The number of Topliss-reactive ketones (excluding diaryl/α,β-unsaturated/α-hetero) is 1. The van der Waals surface area contributed by atoms with Crippen LogP contribution in [-0.2, 0) is 17.6 Å². The average Bonchev–Trinajstić information content (AvgIpc) is 2.42. The summed E-state index contributed by atoms with van der Waals surface area (Å²) in [6.07, 6.45) is 2.14. The number of halogens is 2. The SMILES string of the molecule is O=C(CCc1ccccn1)Cc1c(F)cccc1F. The van der Waals surface area contributed by atoms with Crippen LogP contribution >= 0.6 is 0 Å². The number of nitrogens with zero attached hydrogens (tertiary/aromatic N) is 1. The first kappa shape index (κ1) is 13.3. The van der Waals surface area contributed by atoms with Crippen molar-refractivity contribution in [2.45, 2.75) is 19.3 Å². The molecule has 0 saturated heterocycles. The lowest BCUT2D eigenvalue weighted by atomic mass is 10.0. The first-order chi connectivity index (χ1) is 9.16. The quantitative estimate of drug-likeness (QED) is 0.827. The third-order valence-corrected chi connectivity index (χ3v) is 2.82. The maximum atomic E-state index is 13.4. The van der Waals surface area contributed by atoms with Crippen LogP contribution in [0.15, 0.2) is 42.6 Å². The molecular formula is C15H13F2NO. The number of aromatic nitrogens is 1. The van der Waals surface area contributed by atoms with Gasteiger partial charge in [-0.3, -0.25) is 9.78 Å². The van der Waals surface area contributed by atoms with Crippen molar-refractivity contribution in [3.05, 3.63) is 65.5 Å². The third-order valence-electron chi connectivity index (χ3n) is 2.82. The van der Waals surface area contributed by atoms with Gasteiger partial charge in [-0.1, -0.05) is 12.1 Å². The van der Waals surface area contributed by atoms with Crippen molar-refractivity contribution in [1.82, 2.24) is 4.98 Å². The zero-order valence-electron chi connectivity index (χ0n) is 10.3. The Bertz CT molecular complexity index is 549. The fraction of sp³-hybridized carbons (Fsp3) is 0.200. The van der Waals surface area contributed by atoms with E-state index in [2.05, 4.69) is 4.98 Å². The van der Waals surface area contributed by atoms with Crippen LogP contribution in [0, 0.1) is 11.6 Å². The van der Waals surface area contributed by atoms with Gasteiger partial charge in [0, 0.05) is 30.3 Å². The molecule has 0 fully saturated rings. The van der Waals surface area contributed by atoms with Crippen molar-refractivity contribution < 1.29 is 13.6 Å². The molecule has 2 nitrogen and oxygen atoms in total. The van der Waals surface area contributed by atoms with Gasteiger partial charge in [-0.15, -0.1) is 0 Å². The third kappa shape index (κ3) is 3.68. The van der Waals surface area contributed by atoms with Crippen LogP contribution in [-0.4, -0.2) is 10.8 Å². The van der Waals surface area contributed by atoms with E-state index in [0.717, 1.165) is 17.8 Å². The van der Waals surface area contributed by atoms with Gasteiger partial charge in [-0.2, -0.15) is 0 Å². The molecule has 0 atom stereocenters. The minimum atomic E-state index is -0.675. The maximum absolute atomic E-state index is 13.4. The summed E-state index contributed by atoms with van der Waals surface area (Å²) in [7, 11) is 0. The van der Waals surface area contributed by atoms with Gasteiger partial charge in [0.05, 0.1) is 0 Å². The van der Waals surface area contributed by atoms with Gasteiger partial charge in [0.1, 0.15) is 17.4 Å². The first-order valence-electron chi connectivity index (χ1n) is 6.01. The highest BCUT2D eigenvalue weighted by molar-refractivity contribution is 5.81. The molecule has 0 aliphatic rings. The first-order valence-corrected chi connectivity index (χ1v) is 6.01. The normalized spacial score (nSPS) is 10.4. The van der Waals surface area contributed by atoms with Gasteiger partial charge in [0.25, 0.3) is 0 Å². The molecule has 19 heavy (non-hydrogen) atoms. The Morgan fingerprint density at radius 1 is 1.05 bits per heavy atom. The Hall–Kier alpha value is -2.10. The van der Waals surface area contributed by atoms with E-state index in [1.807, 2.05) is 12.1 Å². The largest absolute Gasteiger partial charge is 0.299 e. The molecule has 0 aliphatic carbocycles. The highest BCUT2D eigenvalue weighted by atomic mass is 19.1. The fourth-order valence-electron chi connectivity index (χ4n) is 1.80. The number of carbonyl (C=O) groups excluding carboxylic acids is 1. The van der Waals surface area contributed by atoms with Crippen molar-refractivity contribution in [1.29, 1.82) is 0 Å². The Labute approximate surface area is 110 Å². The van der Waals surface area contributed by atoms with E-state index in [1.54, 1.807) is 12.3 Å². The number of hydrogen-bond acceptors (Lipinski definition) is 2. The van der Waals surface area contributed by atoms with Crippen LogP contribution < -0.4 is 0 Å². The van der Waals surface area contributed by atoms with Crippen LogP contribution in [0.25, 0.3) is 0 Å². The molecule has 4 heteroatoms. The molecule has 2 aromatic rings. The minimum Gasteiger partial charge on any atom is -0.299 e. The summed E-state index contributed by atoms with van der Waals surface area (Å²) >= 11 is 0. The van der Waals surface area contributed by atoms with Crippen LogP contribution in [0.5, 0.6) is 0 Å². The Kier molecular flexibility index (Phi) is 4.34. The number of benzene rings is 1. The summed E-state index contributed by atoms with van der Waals surface area (Å²) in [5.41, 5.74) is 0.637. The van der Waals surface area contributed by atoms with Crippen molar-refractivity contribution in [2.24, 2.45) is 0 Å². The van der Waals surface area contributed by atoms with E-state index in [4.69, 9.17) is 0 Å². The lowest BCUT2D eigenvalue weighted by molar-refractivity contribution is -0.118. The van der Waals surface area contributed by atoms with E-state index in [9.17, 15) is 13.6 Å². The number of hydrogen-bond donors (Lipinski definition) is 0. The summed E-state index contributed by atoms with van der Waals surface area (Å²) in [4.78, 5) is 15.8. The van der Waals surface area contributed by atoms with Crippen molar-refractivity contribution >= 4 is 5.78 Å². The Morgan fingerprint density at radius 3 is 2.42 bits per heavy atom. The molecule has 0 radical (unpaired) electrons. The lowest BCUT2D eigenvalue weighted by Gasteiger charge is -2.04. The van der Waals surface area contributed by atoms with E-state index in [1.165, 1.54) is 6.07 Å². The molecule has 0 aliphatic heterocycles. The maximum Gasteiger partial charge on any atom is 0.137 e. The molecule has 0 amide bonds. The second kappa shape index (κ2) is 6.18. The van der Waals surface area contributed by atoms with Crippen LogP contribution in [0.3, 0.4) is 0 Å². The standard InChI is InChI=1S/C15H13F2NO/c16-14-5-3-6-15(17)13(14)10-12(19)8-7-11-4-1-2-9-18-11/h1-6,9H,7-8,10H2. The number of pyridine rings is 1. The molecule has 1 heterocycles. The molecule has 1 aromatic heterocycles. The Morgan fingerprint density at radius 2 is 1.79 bits per heavy atom. The molecule has 98 valence electrons. The van der Waals surface area contributed by atoms with E-state index < -0.39 is 11.6 Å². The monoisotopic (exact) mass is 261 g/mol. The van der Waals surface area contributed by atoms with Gasteiger partial charge in [0.15, 0.2) is 0 Å². The van der Waals surface area contributed by atoms with Crippen molar-refractivity contribution in [3.63, 3.8) is 0 Å². The second-order valence-electron chi connectivity index (χ2n) is 4.24. The van der Waals surface area contributed by atoms with Crippen LogP contribution in [0.1, 0.15) is 17.7 Å². The molecule has 0 spiro atoms. The zero-order chi connectivity index (χ0) is 13.7. The number of rotatable bonds is 5. The van der Waals surface area contributed by atoms with Crippen LogP contribution in [0.4, 0.5) is 8.78 Å². The molecule has 2 rings (SSSR count). The highest BCUT2D eigenvalue weighted by Crippen LogP contribution is 2.14. The van der Waals surface area contributed by atoms with Gasteiger partial charge >= 0.3 is 0 Å². The number of aryl methyl sites for hydroxylation is 1. The summed E-state index contributed by atoms with van der Waals surface area (Å²) in [6.45, 7) is 0. The van der Waals surface area contributed by atoms with Gasteiger partial charge < -0.3 is 0 Å². The van der Waals surface area contributed by atoms with E-state index in [0.29, 0.717) is 6.42 Å². The molecule has 0 N–H and O–H groups in total. The minimum absolute atomic E-state index is 0.159. The number of ketones is 1. The van der Waals surface area contributed by atoms with E-state index >= 15 is 0 Å². The lowest BCUT2D eigenvalue weighted by Crippen LogP contribution is -2.08. The average molecular weight is 261 g/mol. The van der Waals surface area contributed by atoms with Crippen LogP contribution in [0.2, 0.25) is 0 Å². The predicted octanol–water partition coefficient (Wildman–Crippen LogP) is 3.10. The molecule has 0 bridgehead atoms. The van der Waals surface area contributed by atoms with Crippen molar-refractivity contribution in [3.8, 4) is 0 Å².